The molecule has 3 aliphatic rings. The topological polar surface area (TPSA) is 64.6 Å². The molecule has 2 aromatic rings. The summed E-state index contributed by atoms with van der Waals surface area (Å²) in [5.74, 6) is 2.22. The number of nitrogens with zero attached hydrogens (tertiary/aromatic N) is 5. The van der Waals surface area contributed by atoms with Crippen LogP contribution in [0.2, 0.25) is 0 Å². The van der Waals surface area contributed by atoms with E-state index in [0.29, 0.717) is 0 Å². The number of benzene rings is 1. The van der Waals surface area contributed by atoms with Crippen LogP contribution in [-0.4, -0.2) is 65.4 Å². The molecule has 0 aliphatic carbocycles. The van der Waals surface area contributed by atoms with Crippen molar-refractivity contribution in [2.75, 3.05) is 50.0 Å². The van der Waals surface area contributed by atoms with Crippen molar-refractivity contribution in [2.45, 2.75) is 58.0 Å². The number of piperidine rings is 1. The normalized spacial score (nSPS) is 21.2. The highest BCUT2D eigenvalue weighted by atomic mass is 16.2. The molecule has 1 aromatic carbocycles. The van der Waals surface area contributed by atoms with Crippen molar-refractivity contribution < 1.29 is 4.79 Å². The highest BCUT2D eigenvalue weighted by Crippen LogP contribution is 2.30. The molecule has 1 aromatic heterocycles. The van der Waals surface area contributed by atoms with Gasteiger partial charge in [-0.2, -0.15) is 0 Å². The summed E-state index contributed by atoms with van der Waals surface area (Å²) in [5.41, 5.74) is 5.10. The fraction of sp³-hybridized carbons (Fsp3) is 0.577. The Morgan fingerprint density at radius 3 is 2.58 bits per heavy atom. The monoisotopic (exact) mass is 448 g/mol. The number of hydrogen-bond donors (Lipinski definition) is 1. The van der Waals surface area contributed by atoms with Gasteiger partial charge in [-0.1, -0.05) is 12.1 Å². The summed E-state index contributed by atoms with van der Waals surface area (Å²) in [4.78, 5) is 28.8. The van der Waals surface area contributed by atoms with Crippen molar-refractivity contribution in [3.8, 4) is 0 Å². The Labute approximate surface area is 197 Å². The number of carbonyl (C=O) groups excluding carboxylic acids is 1. The zero-order valence-corrected chi connectivity index (χ0v) is 20.0. The second kappa shape index (κ2) is 9.67. The summed E-state index contributed by atoms with van der Waals surface area (Å²) >= 11 is 0. The van der Waals surface area contributed by atoms with E-state index in [1.165, 1.54) is 42.7 Å². The average molecular weight is 449 g/mol. The molecule has 7 heteroatoms. The van der Waals surface area contributed by atoms with E-state index in [4.69, 9.17) is 9.97 Å². The van der Waals surface area contributed by atoms with Crippen molar-refractivity contribution in [3.63, 3.8) is 0 Å². The van der Waals surface area contributed by atoms with Gasteiger partial charge >= 0.3 is 0 Å². The number of aromatic nitrogens is 2. The zero-order chi connectivity index (χ0) is 22.8. The summed E-state index contributed by atoms with van der Waals surface area (Å²) in [5, 5.41) is 3.31. The molecule has 4 heterocycles. The van der Waals surface area contributed by atoms with Crippen molar-refractivity contribution in [3.05, 3.63) is 46.9 Å². The van der Waals surface area contributed by atoms with Crippen LogP contribution < -0.4 is 10.2 Å². The molecule has 1 N–H and O–H groups in total. The zero-order valence-electron chi connectivity index (χ0n) is 20.0. The maximum Gasteiger partial charge on any atom is 0.219 e. The third-order valence-corrected chi connectivity index (χ3v) is 7.44. The van der Waals surface area contributed by atoms with Crippen molar-refractivity contribution in [2.24, 2.45) is 0 Å². The Bertz CT molecular complexity index is 985. The molecule has 0 radical (unpaired) electrons. The van der Waals surface area contributed by atoms with E-state index in [0.717, 1.165) is 69.3 Å². The lowest BCUT2D eigenvalue weighted by atomic mass is 9.96. The van der Waals surface area contributed by atoms with Crippen LogP contribution in [0, 0.1) is 0 Å². The lowest BCUT2D eigenvalue weighted by Crippen LogP contribution is -2.38. The lowest BCUT2D eigenvalue weighted by Gasteiger charge is -2.33. The minimum atomic E-state index is 0.147. The second-order valence-corrected chi connectivity index (χ2v) is 9.73. The SMILES string of the molecule is CNc1nc(C2CCCN(C(C)=O)C2)nc2c1CCN(Cc1ccc(N3CCCC3)cc1)C2. The quantitative estimate of drug-likeness (QED) is 0.756. The van der Waals surface area contributed by atoms with E-state index in [1.54, 1.807) is 6.92 Å². The maximum absolute atomic E-state index is 11.9. The Kier molecular flexibility index (Phi) is 6.49. The van der Waals surface area contributed by atoms with Crippen LogP contribution >= 0.6 is 0 Å². The number of fused-ring (bicyclic) bond motifs is 1. The smallest absolute Gasteiger partial charge is 0.219 e. The van der Waals surface area contributed by atoms with Gasteiger partial charge in [-0.05, 0) is 49.8 Å². The molecular formula is C26H36N6O. The Morgan fingerprint density at radius 1 is 1.06 bits per heavy atom. The molecule has 176 valence electrons. The number of amides is 1. The Balaban J connectivity index is 1.30. The van der Waals surface area contributed by atoms with E-state index in [2.05, 4.69) is 39.4 Å². The first-order valence-corrected chi connectivity index (χ1v) is 12.5. The predicted molar refractivity (Wildman–Crippen MR) is 132 cm³/mol. The van der Waals surface area contributed by atoms with Crippen LogP contribution in [0.15, 0.2) is 24.3 Å². The van der Waals surface area contributed by atoms with Crippen LogP contribution in [0.25, 0.3) is 0 Å². The summed E-state index contributed by atoms with van der Waals surface area (Å²) < 4.78 is 0. The van der Waals surface area contributed by atoms with Gasteiger partial charge in [-0.3, -0.25) is 9.69 Å². The molecule has 5 rings (SSSR count). The second-order valence-electron chi connectivity index (χ2n) is 9.73. The molecule has 1 atom stereocenters. The summed E-state index contributed by atoms with van der Waals surface area (Å²) in [6, 6.07) is 9.13. The van der Waals surface area contributed by atoms with Crippen LogP contribution in [0.4, 0.5) is 11.5 Å². The van der Waals surface area contributed by atoms with Gasteiger partial charge in [-0.15, -0.1) is 0 Å². The van der Waals surface area contributed by atoms with E-state index in [-0.39, 0.29) is 11.8 Å². The molecule has 1 amide bonds. The summed E-state index contributed by atoms with van der Waals surface area (Å²) in [7, 11) is 1.95. The molecule has 2 fully saturated rings. The highest BCUT2D eigenvalue weighted by Gasteiger charge is 2.28. The van der Waals surface area contributed by atoms with Crippen LogP contribution in [0.5, 0.6) is 0 Å². The van der Waals surface area contributed by atoms with E-state index < -0.39 is 0 Å². The van der Waals surface area contributed by atoms with Gasteiger partial charge < -0.3 is 15.1 Å². The van der Waals surface area contributed by atoms with Gasteiger partial charge in [0.15, 0.2) is 0 Å². The Morgan fingerprint density at radius 2 is 1.85 bits per heavy atom. The Hall–Kier alpha value is -2.67. The molecule has 2 saturated heterocycles. The molecule has 0 bridgehead atoms. The van der Waals surface area contributed by atoms with Gasteiger partial charge in [0.25, 0.3) is 0 Å². The first-order chi connectivity index (χ1) is 16.1. The fourth-order valence-electron chi connectivity index (χ4n) is 5.55. The predicted octanol–water partition coefficient (Wildman–Crippen LogP) is 3.40. The summed E-state index contributed by atoms with van der Waals surface area (Å²) in [6.07, 6.45) is 5.63. The van der Waals surface area contributed by atoms with Gasteiger partial charge in [0.2, 0.25) is 5.91 Å². The lowest BCUT2D eigenvalue weighted by molar-refractivity contribution is -0.130. The van der Waals surface area contributed by atoms with E-state index in [1.807, 2.05) is 11.9 Å². The molecule has 33 heavy (non-hydrogen) atoms. The minimum absolute atomic E-state index is 0.147. The highest BCUT2D eigenvalue weighted by molar-refractivity contribution is 5.73. The van der Waals surface area contributed by atoms with E-state index >= 15 is 0 Å². The van der Waals surface area contributed by atoms with Crippen molar-refractivity contribution >= 4 is 17.4 Å². The molecular weight excluding hydrogens is 412 g/mol. The first kappa shape index (κ1) is 22.1. The third-order valence-electron chi connectivity index (χ3n) is 7.44. The molecule has 1 unspecified atom stereocenters. The van der Waals surface area contributed by atoms with Crippen LogP contribution in [-0.2, 0) is 24.3 Å². The first-order valence-electron chi connectivity index (χ1n) is 12.5. The number of nitrogens with one attached hydrogen (secondary N) is 1. The molecule has 3 aliphatic heterocycles. The van der Waals surface area contributed by atoms with Gasteiger partial charge in [-0.25, -0.2) is 9.97 Å². The summed E-state index contributed by atoms with van der Waals surface area (Å²) in [6.45, 7) is 8.40. The van der Waals surface area contributed by atoms with Gasteiger partial charge in [0.1, 0.15) is 11.6 Å². The number of likely N-dealkylation sites (tertiary alicyclic amines) is 1. The molecule has 0 spiro atoms. The largest absolute Gasteiger partial charge is 0.373 e. The minimum Gasteiger partial charge on any atom is -0.373 e. The van der Waals surface area contributed by atoms with Gasteiger partial charge in [0, 0.05) is 77.0 Å². The maximum atomic E-state index is 11.9. The number of carbonyl (C=O) groups is 1. The number of anilines is 2. The molecule has 0 saturated carbocycles. The van der Waals surface area contributed by atoms with Crippen molar-refractivity contribution in [1.29, 1.82) is 0 Å². The van der Waals surface area contributed by atoms with E-state index in [9.17, 15) is 4.79 Å². The van der Waals surface area contributed by atoms with Crippen molar-refractivity contribution in [1.82, 2.24) is 19.8 Å². The van der Waals surface area contributed by atoms with Gasteiger partial charge in [0.05, 0.1) is 5.69 Å². The van der Waals surface area contributed by atoms with Crippen LogP contribution in [0.1, 0.15) is 61.2 Å². The van der Waals surface area contributed by atoms with Crippen LogP contribution in [0.3, 0.4) is 0 Å². The standard InChI is InChI=1S/C26H36N6O/c1-19(33)32-14-5-6-21(17-32)25-28-24-18-30(15-11-23(24)26(27-2)29-25)16-20-7-9-22(10-8-20)31-12-3-4-13-31/h7-10,21H,3-6,11-18H2,1-2H3,(H,27,28,29). The molecule has 7 nitrogen and oxygen atoms in total. The fourth-order valence-corrected chi connectivity index (χ4v) is 5.55. The third kappa shape index (κ3) is 4.83. The number of rotatable bonds is 5. The number of hydrogen-bond acceptors (Lipinski definition) is 6. The average Bonchev–Trinajstić information content (AvgIpc) is 3.39.